The van der Waals surface area contributed by atoms with Crippen LogP contribution < -0.4 is 5.32 Å². The van der Waals surface area contributed by atoms with Crippen LogP contribution in [-0.4, -0.2) is 41.4 Å². The smallest absolute Gasteiger partial charge is 0.338 e. The van der Waals surface area contributed by atoms with E-state index in [1.165, 1.54) is 7.11 Å². The predicted octanol–water partition coefficient (Wildman–Crippen LogP) is 3.97. The molecule has 0 radical (unpaired) electrons. The zero-order valence-corrected chi connectivity index (χ0v) is 17.6. The number of carbonyl (C=O) groups excluding carboxylic acids is 2. The van der Waals surface area contributed by atoms with Gasteiger partial charge in [-0.25, -0.2) is 9.79 Å². The number of amides is 1. The molecule has 150 valence electrons. The molecule has 6 nitrogen and oxygen atoms in total. The van der Waals surface area contributed by atoms with Crippen molar-refractivity contribution < 1.29 is 14.3 Å². The van der Waals surface area contributed by atoms with Crippen LogP contribution in [0.15, 0.2) is 40.5 Å². The molecule has 0 bridgehead atoms. The van der Waals surface area contributed by atoms with Crippen LogP contribution in [0, 0.1) is 5.92 Å². The molecular weight excluding hydrogens is 374 g/mol. The highest BCUT2D eigenvalue weighted by molar-refractivity contribution is 8.13. The molecule has 7 heteroatoms. The number of ether oxygens (including phenoxy) is 1. The SMILES string of the molecule is COC(=O)C1=C(C)N=C2SCCCN2C1c1cccc(NC(=O)CC(C)C)c1. The van der Waals surface area contributed by atoms with Gasteiger partial charge >= 0.3 is 5.97 Å². The van der Waals surface area contributed by atoms with E-state index in [4.69, 9.17) is 4.74 Å². The minimum absolute atomic E-state index is 0.00788. The summed E-state index contributed by atoms with van der Waals surface area (Å²) in [7, 11) is 1.40. The van der Waals surface area contributed by atoms with Gasteiger partial charge in [0.15, 0.2) is 5.17 Å². The summed E-state index contributed by atoms with van der Waals surface area (Å²) in [6.45, 7) is 6.72. The number of allylic oxidation sites excluding steroid dienone is 1. The summed E-state index contributed by atoms with van der Waals surface area (Å²) in [6.07, 6.45) is 1.50. The number of aliphatic imine (C=N–C) groups is 1. The Bertz CT molecular complexity index is 832. The highest BCUT2D eigenvalue weighted by atomic mass is 32.2. The van der Waals surface area contributed by atoms with Gasteiger partial charge < -0.3 is 15.0 Å². The van der Waals surface area contributed by atoms with E-state index in [2.05, 4.69) is 15.2 Å². The summed E-state index contributed by atoms with van der Waals surface area (Å²) in [4.78, 5) is 31.6. The lowest BCUT2D eigenvalue weighted by atomic mass is 9.94. The first-order valence-corrected chi connectivity index (χ1v) is 10.6. The zero-order chi connectivity index (χ0) is 20.3. The normalized spacial score (nSPS) is 19.2. The van der Waals surface area contributed by atoms with Gasteiger partial charge in [0, 0.05) is 24.4 Å². The summed E-state index contributed by atoms with van der Waals surface area (Å²) < 4.78 is 5.06. The van der Waals surface area contributed by atoms with Gasteiger partial charge in [0.05, 0.1) is 24.4 Å². The first-order valence-electron chi connectivity index (χ1n) is 9.57. The molecule has 1 N–H and O–H groups in total. The minimum Gasteiger partial charge on any atom is -0.466 e. The number of hydrogen-bond acceptors (Lipinski definition) is 6. The van der Waals surface area contributed by atoms with Crippen molar-refractivity contribution >= 4 is 34.5 Å². The molecule has 2 aliphatic heterocycles. The van der Waals surface area contributed by atoms with Crippen LogP contribution >= 0.6 is 11.8 Å². The van der Waals surface area contributed by atoms with Crippen molar-refractivity contribution in [3.8, 4) is 0 Å². The van der Waals surface area contributed by atoms with Gasteiger partial charge in [-0.2, -0.15) is 0 Å². The van der Waals surface area contributed by atoms with Crippen molar-refractivity contribution in [2.75, 3.05) is 24.7 Å². The number of fused-ring (bicyclic) bond motifs is 1. The van der Waals surface area contributed by atoms with Crippen LogP contribution in [0.4, 0.5) is 5.69 Å². The molecule has 1 fully saturated rings. The van der Waals surface area contributed by atoms with E-state index < -0.39 is 0 Å². The van der Waals surface area contributed by atoms with Crippen LogP contribution in [0.3, 0.4) is 0 Å². The third-order valence-corrected chi connectivity index (χ3v) is 5.82. The molecule has 2 aliphatic rings. The Kier molecular flexibility index (Phi) is 6.44. The van der Waals surface area contributed by atoms with Crippen molar-refractivity contribution in [2.45, 2.75) is 39.7 Å². The lowest BCUT2D eigenvalue weighted by molar-refractivity contribution is -0.137. The molecule has 0 saturated carbocycles. The standard InChI is InChI=1S/C21H27N3O3S/c1-13(2)11-17(25)23-16-8-5-7-15(12-16)19-18(20(26)27-4)14(3)22-21-24(19)9-6-10-28-21/h5,7-8,12-13,19H,6,9-11H2,1-4H3,(H,23,25). The number of benzene rings is 1. The average molecular weight is 402 g/mol. The van der Waals surface area contributed by atoms with Gasteiger partial charge in [-0.1, -0.05) is 37.7 Å². The van der Waals surface area contributed by atoms with Crippen LogP contribution in [0.1, 0.15) is 45.2 Å². The number of nitrogens with one attached hydrogen (secondary N) is 1. The first kappa shape index (κ1) is 20.5. The number of methoxy groups -OCH3 is 1. The highest BCUT2D eigenvalue weighted by Crippen LogP contribution is 2.40. The summed E-state index contributed by atoms with van der Waals surface area (Å²) in [5.41, 5.74) is 2.92. The second-order valence-electron chi connectivity index (χ2n) is 7.45. The summed E-state index contributed by atoms with van der Waals surface area (Å²) in [6, 6.07) is 7.45. The van der Waals surface area contributed by atoms with Gasteiger partial charge in [-0.05, 0) is 37.0 Å². The minimum atomic E-state index is -0.366. The van der Waals surface area contributed by atoms with Crippen molar-refractivity contribution in [2.24, 2.45) is 10.9 Å². The number of anilines is 1. The summed E-state index contributed by atoms with van der Waals surface area (Å²) >= 11 is 1.71. The van der Waals surface area contributed by atoms with Crippen LogP contribution in [0.25, 0.3) is 0 Å². The first-order chi connectivity index (χ1) is 13.4. The lowest BCUT2D eigenvalue weighted by Gasteiger charge is -2.40. The van der Waals surface area contributed by atoms with Crippen LogP contribution in [0.5, 0.6) is 0 Å². The molecule has 3 rings (SSSR count). The maximum Gasteiger partial charge on any atom is 0.338 e. The van der Waals surface area contributed by atoms with Crippen molar-refractivity contribution in [3.05, 3.63) is 41.1 Å². The van der Waals surface area contributed by atoms with Crippen molar-refractivity contribution in [3.63, 3.8) is 0 Å². The molecule has 1 aromatic carbocycles. The molecule has 1 atom stereocenters. The second-order valence-corrected chi connectivity index (χ2v) is 8.52. The Morgan fingerprint density at radius 2 is 2.18 bits per heavy atom. The third kappa shape index (κ3) is 4.41. The zero-order valence-electron chi connectivity index (χ0n) is 16.8. The van der Waals surface area contributed by atoms with E-state index in [1.807, 2.05) is 45.0 Å². The van der Waals surface area contributed by atoms with E-state index in [-0.39, 0.29) is 17.9 Å². The number of hydrogen-bond donors (Lipinski definition) is 1. The third-order valence-electron chi connectivity index (χ3n) is 4.74. The Morgan fingerprint density at radius 3 is 2.89 bits per heavy atom. The average Bonchev–Trinajstić information content (AvgIpc) is 2.65. The van der Waals surface area contributed by atoms with Crippen molar-refractivity contribution in [1.29, 1.82) is 0 Å². The quantitative estimate of drug-likeness (QED) is 0.756. The number of carbonyl (C=O) groups is 2. The number of thioether (sulfide) groups is 1. The topological polar surface area (TPSA) is 71.0 Å². The van der Waals surface area contributed by atoms with Gasteiger partial charge in [0.1, 0.15) is 0 Å². The molecular formula is C21H27N3O3S. The molecule has 0 aromatic heterocycles. The highest BCUT2D eigenvalue weighted by Gasteiger charge is 2.37. The molecule has 28 heavy (non-hydrogen) atoms. The van der Waals surface area contributed by atoms with Gasteiger partial charge in [0.25, 0.3) is 0 Å². The maximum atomic E-state index is 12.6. The number of rotatable bonds is 5. The van der Waals surface area contributed by atoms with Crippen LogP contribution in [0.2, 0.25) is 0 Å². The summed E-state index contributed by atoms with van der Waals surface area (Å²) in [5.74, 6) is 0.942. The van der Waals surface area contributed by atoms with Gasteiger partial charge in [0.2, 0.25) is 5.91 Å². The van der Waals surface area contributed by atoms with E-state index in [0.29, 0.717) is 23.6 Å². The number of nitrogens with zero attached hydrogens (tertiary/aromatic N) is 2. The van der Waals surface area contributed by atoms with E-state index >= 15 is 0 Å². The Labute approximate surface area is 170 Å². The fraction of sp³-hybridized carbons (Fsp3) is 0.476. The Morgan fingerprint density at radius 1 is 1.39 bits per heavy atom. The van der Waals surface area contributed by atoms with E-state index in [9.17, 15) is 9.59 Å². The molecule has 1 saturated heterocycles. The van der Waals surface area contributed by atoms with Crippen LogP contribution in [-0.2, 0) is 14.3 Å². The number of esters is 1. The Hall–Kier alpha value is -2.28. The second kappa shape index (κ2) is 8.82. The molecule has 1 unspecified atom stereocenters. The predicted molar refractivity (Wildman–Crippen MR) is 113 cm³/mol. The molecule has 2 heterocycles. The fourth-order valence-corrected chi connectivity index (χ4v) is 4.58. The van der Waals surface area contributed by atoms with Crippen molar-refractivity contribution in [1.82, 2.24) is 4.90 Å². The largest absolute Gasteiger partial charge is 0.466 e. The lowest BCUT2D eigenvalue weighted by Crippen LogP contribution is -2.42. The molecule has 1 amide bonds. The number of amidine groups is 1. The summed E-state index contributed by atoms with van der Waals surface area (Å²) in [5, 5.41) is 3.91. The van der Waals surface area contributed by atoms with Gasteiger partial charge in [-0.3, -0.25) is 4.79 Å². The maximum absolute atomic E-state index is 12.6. The monoisotopic (exact) mass is 401 g/mol. The molecule has 0 aliphatic carbocycles. The van der Waals surface area contributed by atoms with E-state index in [1.54, 1.807) is 11.8 Å². The molecule has 1 aromatic rings. The molecule has 0 spiro atoms. The Balaban J connectivity index is 1.97. The van der Waals surface area contributed by atoms with Gasteiger partial charge in [-0.15, -0.1) is 0 Å². The fourth-order valence-electron chi connectivity index (χ4n) is 3.56. The van der Waals surface area contributed by atoms with E-state index in [0.717, 1.165) is 35.1 Å².